The van der Waals surface area contributed by atoms with Crippen molar-refractivity contribution < 1.29 is 23.4 Å². The van der Waals surface area contributed by atoms with E-state index in [1.165, 1.54) is 12.1 Å². The number of anilines is 1. The Balaban J connectivity index is 1.72. The number of hydrogen-bond donors (Lipinski definition) is 1. The Morgan fingerprint density at radius 3 is 2.74 bits per heavy atom. The van der Waals surface area contributed by atoms with Crippen LogP contribution in [0, 0.1) is 12.7 Å². The van der Waals surface area contributed by atoms with Crippen LogP contribution in [0.3, 0.4) is 0 Å². The zero-order valence-electron chi connectivity index (χ0n) is 17.1. The minimum atomic E-state index is -0.340. The van der Waals surface area contributed by atoms with E-state index in [1.807, 2.05) is 43.3 Å². The molecule has 0 saturated carbocycles. The van der Waals surface area contributed by atoms with E-state index in [9.17, 15) is 9.18 Å². The van der Waals surface area contributed by atoms with Crippen LogP contribution in [0.2, 0.25) is 0 Å². The number of carbonyl (C=O) groups is 1. The van der Waals surface area contributed by atoms with Crippen molar-refractivity contribution >= 4 is 23.2 Å². The third kappa shape index (κ3) is 3.50. The van der Waals surface area contributed by atoms with Gasteiger partial charge in [-0.05, 0) is 77.7 Å². The highest BCUT2D eigenvalue weighted by Gasteiger charge is 2.22. The molecule has 0 spiro atoms. The monoisotopic (exact) mass is 417 g/mol. The van der Waals surface area contributed by atoms with Crippen molar-refractivity contribution in [2.24, 2.45) is 0 Å². The van der Waals surface area contributed by atoms with Gasteiger partial charge in [0.1, 0.15) is 29.7 Å². The second-order valence-electron chi connectivity index (χ2n) is 7.56. The minimum absolute atomic E-state index is 0.00742. The molecule has 3 aromatic carbocycles. The highest BCUT2D eigenvalue weighted by atomic mass is 19.1. The molecule has 5 rings (SSSR count). The van der Waals surface area contributed by atoms with Crippen LogP contribution >= 0.6 is 0 Å². The van der Waals surface area contributed by atoms with Crippen LogP contribution in [-0.2, 0) is 11.4 Å². The van der Waals surface area contributed by atoms with Gasteiger partial charge in [0.05, 0.1) is 12.8 Å². The lowest BCUT2D eigenvalue weighted by molar-refractivity contribution is -0.118. The first-order valence-electron chi connectivity index (χ1n) is 9.91. The molecule has 0 saturated heterocycles. The molecule has 1 amide bonds. The molecule has 0 aromatic heterocycles. The molecule has 1 N–H and O–H groups in total. The zero-order valence-corrected chi connectivity index (χ0v) is 17.1. The number of hydrogen-bond acceptors (Lipinski definition) is 4. The largest absolute Gasteiger partial charge is 0.497 e. The lowest BCUT2D eigenvalue weighted by Crippen LogP contribution is -2.25. The predicted octanol–water partition coefficient (Wildman–Crippen LogP) is 4.95. The molecule has 0 fully saturated rings. The van der Waals surface area contributed by atoms with Crippen LogP contribution in [0.1, 0.15) is 27.8 Å². The van der Waals surface area contributed by atoms with Crippen molar-refractivity contribution in [2.45, 2.75) is 13.5 Å². The number of fused-ring (bicyclic) bond motifs is 3. The van der Waals surface area contributed by atoms with Crippen molar-refractivity contribution in [3.63, 3.8) is 0 Å². The average molecular weight is 417 g/mol. The fraction of sp³-hybridized carbons (Fsp3) is 0.160. The lowest BCUT2D eigenvalue weighted by Gasteiger charge is -2.20. The van der Waals surface area contributed by atoms with Crippen LogP contribution in [0.25, 0.3) is 11.6 Å². The van der Waals surface area contributed by atoms with Crippen molar-refractivity contribution in [3.8, 4) is 17.2 Å². The van der Waals surface area contributed by atoms with E-state index in [0.717, 1.165) is 33.6 Å². The first-order chi connectivity index (χ1) is 15.0. The van der Waals surface area contributed by atoms with Crippen LogP contribution in [-0.4, -0.2) is 19.6 Å². The number of aryl methyl sites for hydroxylation is 1. The summed E-state index contributed by atoms with van der Waals surface area (Å²) in [6, 6.07) is 14.1. The van der Waals surface area contributed by atoms with Crippen LogP contribution in [0.4, 0.5) is 10.1 Å². The fourth-order valence-electron chi connectivity index (χ4n) is 4.03. The highest BCUT2D eigenvalue weighted by Crippen LogP contribution is 2.40. The first-order valence-corrected chi connectivity index (χ1v) is 9.91. The molecule has 3 aromatic rings. The van der Waals surface area contributed by atoms with Crippen molar-refractivity contribution in [3.05, 3.63) is 82.2 Å². The van der Waals surface area contributed by atoms with E-state index in [2.05, 4.69) is 5.32 Å². The molecule has 0 unspecified atom stereocenters. The van der Waals surface area contributed by atoms with Crippen LogP contribution in [0.5, 0.6) is 17.2 Å². The van der Waals surface area contributed by atoms with E-state index in [1.54, 1.807) is 13.2 Å². The van der Waals surface area contributed by atoms with E-state index in [4.69, 9.17) is 14.2 Å². The van der Waals surface area contributed by atoms with Gasteiger partial charge in [-0.3, -0.25) is 4.79 Å². The first kappa shape index (κ1) is 19.2. The summed E-state index contributed by atoms with van der Waals surface area (Å²) in [6.07, 6.45) is 1.98. The number of nitrogens with one attached hydrogen (secondary N) is 1. The quantitative estimate of drug-likeness (QED) is 0.641. The van der Waals surface area contributed by atoms with E-state index >= 15 is 0 Å². The number of halogens is 1. The molecule has 2 aliphatic heterocycles. The molecule has 156 valence electrons. The van der Waals surface area contributed by atoms with Gasteiger partial charge >= 0.3 is 0 Å². The Labute approximate surface area is 179 Å². The molecule has 0 radical (unpaired) electrons. The summed E-state index contributed by atoms with van der Waals surface area (Å²) < 4.78 is 31.1. The molecular weight excluding hydrogens is 397 g/mol. The Morgan fingerprint density at radius 1 is 1.03 bits per heavy atom. The molecule has 0 bridgehead atoms. The number of rotatable bonds is 2. The molecule has 0 aliphatic carbocycles. The summed E-state index contributed by atoms with van der Waals surface area (Å²) in [5.41, 5.74) is 5.75. The summed E-state index contributed by atoms with van der Waals surface area (Å²) in [6.45, 7) is 2.28. The summed E-state index contributed by atoms with van der Waals surface area (Å²) >= 11 is 0. The van der Waals surface area contributed by atoms with Crippen LogP contribution in [0.15, 0.2) is 48.5 Å². The Morgan fingerprint density at radius 2 is 1.90 bits per heavy atom. The van der Waals surface area contributed by atoms with Crippen molar-refractivity contribution in [1.29, 1.82) is 0 Å². The number of carbonyl (C=O) groups excluding carboxylic acids is 1. The van der Waals surface area contributed by atoms with Gasteiger partial charge in [0.25, 0.3) is 5.91 Å². The smallest absolute Gasteiger partial charge is 0.262 e. The summed E-state index contributed by atoms with van der Waals surface area (Å²) in [4.78, 5) is 11.8. The third-order valence-electron chi connectivity index (χ3n) is 5.45. The molecule has 31 heavy (non-hydrogen) atoms. The van der Waals surface area contributed by atoms with Crippen molar-refractivity contribution in [1.82, 2.24) is 0 Å². The summed E-state index contributed by atoms with van der Waals surface area (Å²) in [5.74, 6) is 1.47. The predicted molar refractivity (Wildman–Crippen MR) is 116 cm³/mol. The average Bonchev–Trinajstić information content (AvgIpc) is 2.90. The molecular formula is C25H20FNO4. The normalized spacial score (nSPS) is 15.6. The SMILES string of the molecule is COc1ccc2c(c1)COc1ccc(F)cc1/C2=C\c1cc(C)c2c(c1)NC(=O)CO2. The summed E-state index contributed by atoms with van der Waals surface area (Å²) in [5, 5.41) is 2.86. The maximum absolute atomic E-state index is 14.2. The molecule has 6 heteroatoms. The van der Waals surface area contributed by atoms with Crippen molar-refractivity contribution in [2.75, 3.05) is 19.0 Å². The third-order valence-corrected chi connectivity index (χ3v) is 5.45. The lowest BCUT2D eigenvalue weighted by atomic mass is 9.92. The summed E-state index contributed by atoms with van der Waals surface area (Å²) in [7, 11) is 1.62. The molecule has 2 aliphatic rings. The maximum atomic E-state index is 14.2. The maximum Gasteiger partial charge on any atom is 0.262 e. The Bertz CT molecular complexity index is 1250. The van der Waals surface area contributed by atoms with E-state index < -0.39 is 0 Å². The van der Waals surface area contributed by atoms with Gasteiger partial charge in [0.2, 0.25) is 0 Å². The van der Waals surface area contributed by atoms with Crippen LogP contribution < -0.4 is 19.5 Å². The molecule has 2 heterocycles. The molecule has 0 atom stereocenters. The number of methoxy groups -OCH3 is 1. The highest BCUT2D eigenvalue weighted by molar-refractivity contribution is 5.98. The Kier molecular flexibility index (Phi) is 4.62. The molecule has 5 nitrogen and oxygen atoms in total. The van der Waals surface area contributed by atoms with Gasteiger partial charge in [-0.1, -0.05) is 6.07 Å². The zero-order chi connectivity index (χ0) is 21.5. The van der Waals surface area contributed by atoms with Gasteiger partial charge < -0.3 is 19.5 Å². The van der Waals surface area contributed by atoms with Gasteiger partial charge in [-0.2, -0.15) is 0 Å². The Hall–Kier alpha value is -3.80. The van der Waals surface area contributed by atoms with Gasteiger partial charge in [-0.25, -0.2) is 4.39 Å². The number of amides is 1. The number of benzene rings is 3. The van der Waals surface area contributed by atoms with Gasteiger partial charge in [-0.15, -0.1) is 0 Å². The minimum Gasteiger partial charge on any atom is -0.497 e. The fourth-order valence-corrected chi connectivity index (χ4v) is 4.03. The van der Waals surface area contributed by atoms with E-state index in [0.29, 0.717) is 29.4 Å². The van der Waals surface area contributed by atoms with Gasteiger partial charge in [0.15, 0.2) is 6.61 Å². The standard InChI is InChI=1S/C25H20FNO4/c1-14-7-15(9-22-25(14)31-13-24(28)27-22)8-20-19-5-4-18(29-2)10-16(19)12-30-23-6-3-17(26)11-21(20)23/h3-11H,12-13H2,1-2H3,(H,27,28)/b20-8-. The number of ether oxygens (including phenoxy) is 3. The van der Waals surface area contributed by atoms with Gasteiger partial charge in [0, 0.05) is 11.1 Å². The topological polar surface area (TPSA) is 56.8 Å². The second kappa shape index (κ2) is 7.47. The van der Waals surface area contributed by atoms with E-state index in [-0.39, 0.29) is 18.3 Å². The second-order valence-corrected chi connectivity index (χ2v) is 7.56.